The van der Waals surface area contributed by atoms with Gasteiger partial charge in [0.05, 0.1) is 30.0 Å². The first-order valence-electron chi connectivity index (χ1n) is 7.46. The molecule has 0 saturated carbocycles. The fourth-order valence-corrected chi connectivity index (χ4v) is 2.38. The Labute approximate surface area is 139 Å². The van der Waals surface area contributed by atoms with E-state index in [9.17, 15) is 9.90 Å². The van der Waals surface area contributed by atoms with Gasteiger partial charge in [-0.05, 0) is 32.4 Å². The molecule has 7 heteroatoms. The number of hydrogen-bond donors (Lipinski definition) is 2. The first-order chi connectivity index (χ1) is 11.0. The number of aliphatic hydroxyl groups is 1. The number of halogens is 1. The number of pyridine rings is 2. The normalized spacial score (nSPS) is 13.6. The quantitative estimate of drug-likeness (QED) is 0.622. The highest BCUT2D eigenvalue weighted by molar-refractivity contribution is 6.34. The zero-order chi connectivity index (χ0) is 17.0. The zero-order valence-corrected chi connectivity index (χ0v) is 14.1. The molecular weight excluding hydrogens is 318 g/mol. The Hall–Kier alpha value is -1.92. The lowest BCUT2D eigenvalue weighted by atomic mass is 9.98. The maximum Gasteiger partial charge on any atom is 0.343 e. The first kappa shape index (κ1) is 17.4. The number of nitrogens with one attached hydrogen (secondary N) is 1. The summed E-state index contributed by atoms with van der Waals surface area (Å²) in [7, 11) is 0. The predicted molar refractivity (Wildman–Crippen MR) is 89.9 cm³/mol. The van der Waals surface area contributed by atoms with Crippen molar-refractivity contribution in [3.8, 4) is 0 Å². The van der Waals surface area contributed by atoms with E-state index in [4.69, 9.17) is 16.3 Å². The predicted octanol–water partition coefficient (Wildman–Crippen LogP) is 3.03. The van der Waals surface area contributed by atoms with Gasteiger partial charge in [0.25, 0.3) is 0 Å². The van der Waals surface area contributed by atoms with E-state index in [1.165, 1.54) is 0 Å². The summed E-state index contributed by atoms with van der Waals surface area (Å²) in [6.45, 7) is 5.62. The molecule has 6 nitrogen and oxygen atoms in total. The number of hydrogen-bond acceptors (Lipinski definition) is 6. The summed E-state index contributed by atoms with van der Waals surface area (Å²) in [5.41, 5.74) is 0.999. The number of esters is 1. The maximum absolute atomic E-state index is 12.3. The number of anilines is 1. The average molecular weight is 338 g/mol. The van der Waals surface area contributed by atoms with Crippen molar-refractivity contribution in [1.29, 1.82) is 0 Å². The minimum Gasteiger partial charge on any atom is -0.462 e. The number of ether oxygens (including phenoxy) is 1. The fraction of sp³-hybridized carbons (Fsp3) is 0.438. The van der Waals surface area contributed by atoms with E-state index >= 15 is 0 Å². The third kappa shape index (κ3) is 3.54. The summed E-state index contributed by atoms with van der Waals surface area (Å²) in [6, 6.07) is 3.50. The zero-order valence-electron chi connectivity index (χ0n) is 13.4. The van der Waals surface area contributed by atoms with Gasteiger partial charge in [-0.15, -0.1) is 0 Å². The molecule has 2 heterocycles. The monoisotopic (exact) mass is 337 g/mol. The number of rotatable bonds is 6. The molecule has 0 fully saturated rings. The molecule has 1 atom stereocenters. The molecule has 0 aromatic carbocycles. The van der Waals surface area contributed by atoms with Crippen molar-refractivity contribution in [2.24, 2.45) is 0 Å². The van der Waals surface area contributed by atoms with Crippen LogP contribution in [-0.4, -0.2) is 39.8 Å². The van der Waals surface area contributed by atoms with Crippen LogP contribution in [0.5, 0.6) is 0 Å². The van der Waals surface area contributed by atoms with Crippen LogP contribution in [0.3, 0.4) is 0 Å². The Morgan fingerprint density at radius 2 is 2.22 bits per heavy atom. The van der Waals surface area contributed by atoms with Gasteiger partial charge < -0.3 is 15.2 Å². The Morgan fingerprint density at radius 1 is 1.48 bits per heavy atom. The molecule has 2 aromatic heterocycles. The number of carbonyl (C=O) groups excluding carboxylic acids is 1. The minimum absolute atomic E-state index is 0.0443. The molecule has 0 aliphatic carbocycles. The Bertz CT molecular complexity index is 717. The van der Waals surface area contributed by atoms with Crippen LogP contribution in [0, 0.1) is 0 Å². The van der Waals surface area contributed by atoms with Crippen molar-refractivity contribution in [3.63, 3.8) is 0 Å². The highest BCUT2D eigenvalue weighted by atomic mass is 35.5. The molecule has 2 aromatic rings. The second-order valence-corrected chi connectivity index (χ2v) is 5.80. The summed E-state index contributed by atoms with van der Waals surface area (Å²) in [5, 5.41) is 12.9. The van der Waals surface area contributed by atoms with Crippen LogP contribution in [-0.2, 0) is 4.74 Å². The van der Waals surface area contributed by atoms with Crippen LogP contribution in [0.25, 0.3) is 11.0 Å². The molecule has 124 valence electrons. The van der Waals surface area contributed by atoms with Gasteiger partial charge in [0.1, 0.15) is 16.2 Å². The van der Waals surface area contributed by atoms with Gasteiger partial charge in [-0.3, -0.25) is 4.98 Å². The molecule has 2 rings (SSSR count). The van der Waals surface area contributed by atoms with E-state index in [1.54, 1.807) is 25.3 Å². The molecule has 0 spiro atoms. The van der Waals surface area contributed by atoms with Gasteiger partial charge in [0.15, 0.2) is 0 Å². The van der Waals surface area contributed by atoms with Gasteiger partial charge in [0, 0.05) is 6.20 Å². The molecule has 0 aliphatic heterocycles. The SMILES string of the molecule is CCOC(=O)c1c(Cl)nc2cccnc2c1NC(C)(CC)CO. The molecule has 2 N–H and O–H groups in total. The summed E-state index contributed by atoms with van der Waals surface area (Å²) in [4.78, 5) is 20.8. The van der Waals surface area contributed by atoms with Crippen molar-refractivity contribution in [2.45, 2.75) is 32.7 Å². The van der Waals surface area contributed by atoms with Crippen molar-refractivity contribution in [2.75, 3.05) is 18.5 Å². The van der Waals surface area contributed by atoms with E-state index in [1.807, 2.05) is 13.8 Å². The lowest BCUT2D eigenvalue weighted by Gasteiger charge is -2.30. The van der Waals surface area contributed by atoms with Crippen molar-refractivity contribution < 1.29 is 14.6 Å². The Balaban J connectivity index is 2.70. The van der Waals surface area contributed by atoms with Crippen molar-refractivity contribution >= 4 is 34.3 Å². The molecule has 1 unspecified atom stereocenters. The van der Waals surface area contributed by atoms with Crippen LogP contribution < -0.4 is 5.32 Å². The highest BCUT2D eigenvalue weighted by Crippen LogP contribution is 2.33. The summed E-state index contributed by atoms with van der Waals surface area (Å²) in [5.74, 6) is -0.573. The third-order valence-electron chi connectivity index (χ3n) is 3.73. The van der Waals surface area contributed by atoms with Gasteiger partial charge >= 0.3 is 5.97 Å². The van der Waals surface area contributed by atoms with E-state index in [2.05, 4.69) is 15.3 Å². The number of aromatic nitrogens is 2. The Kier molecular flexibility index (Phi) is 5.38. The largest absolute Gasteiger partial charge is 0.462 e. The van der Waals surface area contributed by atoms with E-state index < -0.39 is 11.5 Å². The third-order valence-corrected chi connectivity index (χ3v) is 4.01. The lowest BCUT2D eigenvalue weighted by Crippen LogP contribution is -2.38. The van der Waals surface area contributed by atoms with Crippen LogP contribution in [0.2, 0.25) is 5.15 Å². The number of fused-ring (bicyclic) bond motifs is 1. The van der Waals surface area contributed by atoms with E-state index in [0.717, 1.165) is 0 Å². The number of carbonyl (C=O) groups is 1. The first-order valence-corrected chi connectivity index (χ1v) is 7.84. The van der Waals surface area contributed by atoms with Crippen molar-refractivity contribution in [1.82, 2.24) is 9.97 Å². The molecular formula is C16H20ClN3O3. The summed E-state index contributed by atoms with van der Waals surface area (Å²) in [6.07, 6.45) is 2.25. The van der Waals surface area contributed by atoms with Crippen LogP contribution in [0.15, 0.2) is 18.3 Å². The molecule has 0 amide bonds. The molecule has 0 bridgehead atoms. The molecule has 23 heavy (non-hydrogen) atoms. The van der Waals surface area contributed by atoms with Gasteiger partial charge in [-0.1, -0.05) is 18.5 Å². The number of aliphatic hydroxyl groups excluding tert-OH is 1. The van der Waals surface area contributed by atoms with Crippen LogP contribution in [0.4, 0.5) is 5.69 Å². The summed E-state index contributed by atoms with van der Waals surface area (Å²) < 4.78 is 5.09. The standard InChI is InChI=1S/C16H20ClN3O3/c1-4-16(3,9-21)20-13-11(15(22)23-5-2)14(17)19-10-7-6-8-18-12(10)13/h6-8,21H,4-5,9H2,1-3H3,(H,19,20). The Morgan fingerprint density at radius 3 is 2.83 bits per heavy atom. The molecule has 0 aliphatic rings. The van der Waals surface area contributed by atoms with Gasteiger partial charge in [-0.25, -0.2) is 9.78 Å². The highest BCUT2D eigenvalue weighted by Gasteiger charge is 2.28. The van der Waals surface area contributed by atoms with Gasteiger partial charge in [-0.2, -0.15) is 0 Å². The van der Waals surface area contributed by atoms with E-state index in [-0.39, 0.29) is 23.9 Å². The lowest BCUT2D eigenvalue weighted by molar-refractivity contribution is 0.0527. The topological polar surface area (TPSA) is 84.3 Å². The summed E-state index contributed by atoms with van der Waals surface area (Å²) >= 11 is 6.21. The number of nitrogens with zero attached hydrogens (tertiary/aromatic N) is 2. The second-order valence-electron chi connectivity index (χ2n) is 5.44. The smallest absolute Gasteiger partial charge is 0.343 e. The van der Waals surface area contributed by atoms with Crippen LogP contribution >= 0.6 is 11.6 Å². The fourth-order valence-electron chi connectivity index (χ4n) is 2.12. The molecule has 0 radical (unpaired) electrons. The van der Waals surface area contributed by atoms with Crippen molar-refractivity contribution in [3.05, 3.63) is 29.0 Å². The minimum atomic E-state index is -0.629. The van der Waals surface area contributed by atoms with Crippen LogP contribution in [0.1, 0.15) is 37.6 Å². The second kappa shape index (κ2) is 7.10. The van der Waals surface area contributed by atoms with Gasteiger partial charge in [0.2, 0.25) is 0 Å². The maximum atomic E-state index is 12.3. The van der Waals surface area contributed by atoms with E-state index in [0.29, 0.717) is 23.1 Å². The average Bonchev–Trinajstić information content (AvgIpc) is 2.54. The molecule has 0 saturated heterocycles.